The molecule has 0 amide bonds. The van der Waals surface area contributed by atoms with Crippen LogP contribution in [0.25, 0.3) is 0 Å². The van der Waals surface area contributed by atoms with Gasteiger partial charge in [-0.25, -0.2) is 0 Å². The molecule has 0 spiro atoms. The van der Waals surface area contributed by atoms with Gasteiger partial charge in [0.1, 0.15) is 0 Å². The molecule has 0 bridgehead atoms. The van der Waals surface area contributed by atoms with Crippen LogP contribution >= 0.6 is 0 Å². The molecule has 0 aliphatic carbocycles. The molecule has 0 heterocycles. The van der Waals surface area contributed by atoms with Crippen LogP contribution in [0.15, 0.2) is 12.1 Å². The Kier molecular flexibility index (Phi) is 3.87. The number of non-ortho nitro benzene ring substituents is 1. The van der Waals surface area contributed by atoms with Crippen LogP contribution in [0.5, 0.6) is 5.75 Å². The number of rotatable bonds is 4. The van der Waals surface area contributed by atoms with Crippen molar-refractivity contribution in [2.45, 2.75) is 0 Å². The van der Waals surface area contributed by atoms with Gasteiger partial charge in [-0.1, -0.05) is 0 Å². The van der Waals surface area contributed by atoms with E-state index in [0.717, 1.165) is 0 Å². The molecule has 1 aromatic rings. The number of nitro groups is 3. The molecule has 1 rings (SSSR count). The van der Waals surface area contributed by atoms with E-state index in [1.807, 2.05) is 0 Å². The first-order chi connectivity index (χ1) is 7.88. The van der Waals surface area contributed by atoms with Gasteiger partial charge >= 0.3 is 109 Å². The van der Waals surface area contributed by atoms with Gasteiger partial charge in [-0.2, -0.15) is 0 Å². The molecule has 1 aromatic carbocycles. The van der Waals surface area contributed by atoms with Crippen molar-refractivity contribution in [2.75, 3.05) is 0 Å². The fraction of sp³-hybridized carbons (Fsp3) is 0. The average Bonchev–Trinajstić information content (AvgIpc) is 2.26. The zero-order valence-electron chi connectivity index (χ0n) is 7.93. The molecular weight excluding hydrogens is 430 g/mol. The fourth-order valence-corrected chi connectivity index (χ4v) is 2.02. The SMILES string of the molecule is O=[N+]([O-])c1cc([N+](=O)[O-])c([O][Tl])c([N+](=O)[O-])c1. The van der Waals surface area contributed by atoms with Crippen molar-refractivity contribution < 1.29 is 17.5 Å². The summed E-state index contributed by atoms with van der Waals surface area (Å²) in [6.07, 6.45) is 0. The molecule has 0 N–H and O–H groups in total. The van der Waals surface area contributed by atoms with Crippen molar-refractivity contribution in [3.63, 3.8) is 0 Å². The van der Waals surface area contributed by atoms with Crippen LogP contribution in [0.1, 0.15) is 0 Å². The minimum absolute atomic E-state index is 0.223. The van der Waals surface area contributed by atoms with E-state index in [1.54, 1.807) is 0 Å². The monoisotopic (exact) mass is 433 g/mol. The van der Waals surface area contributed by atoms with E-state index < -0.39 is 37.6 Å². The molecule has 0 radical (unpaired) electrons. The number of hydrogen-bond donors (Lipinski definition) is 0. The predicted molar refractivity (Wildman–Crippen MR) is 52.8 cm³/mol. The molecule has 86 valence electrons. The van der Waals surface area contributed by atoms with E-state index in [2.05, 4.69) is 0 Å². The van der Waals surface area contributed by atoms with Crippen LogP contribution in [0.3, 0.4) is 0 Å². The van der Waals surface area contributed by atoms with E-state index in [4.69, 9.17) is 2.69 Å². The number of hydrogen-bond acceptors (Lipinski definition) is 7. The molecular formula is C6H2N3O7Tl. The first kappa shape index (κ1) is 13.2. The van der Waals surface area contributed by atoms with E-state index >= 15 is 0 Å². The van der Waals surface area contributed by atoms with Crippen LogP contribution in [-0.4, -0.2) is 41.0 Å². The summed E-state index contributed by atoms with van der Waals surface area (Å²) >= 11 is -0.223. The van der Waals surface area contributed by atoms with Gasteiger partial charge in [-0.15, -0.1) is 0 Å². The molecule has 10 nitrogen and oxygen atoms in total. The van der Waals surface area contributed by atoms with E-state index in [1.165, 1.54) is 0 Å². The summed E-state index contributed by atoms with van der Waals surface area (Å²) in [5, 5.41) is 31.7. The van der Waals surface area contributed by atoms with Crippen LogP contribution in [0, 0.1) is 30.3 Å². The van der Waals surface area contributed by atoms with Crippen molar-refractivity contribution in [1.29, 1.82) is 0 Å². The van der Waals surface area contributed by atoms with Crippen molar-refractivity contribution in [2.24, 2.45) is 0 Å². The summed E-state index contributed by atoms with van der Waals surface area (Å²) in [4.78, 5) is 28.9. The second-order valence-corrected chi connectivity index (χ2v) is 3.62. The van der Waals surface area contributed by atoms with Crippen LogP contribution in [-0.2, 0) is 0 Å². The number of nitrogens with zero attached hydrogens (tertiary/aromatic N) is 3. The first-order valence-electron chi connectivity index (χ1n) is 3.86. The normalized spacial score (nSPS) is 9.59. The van der Waals surface area contributed by atoms with Gasteiger partial charge in [0.05, 0.1) is 0 Å². The molecule has 0 atom stereocenters. The van der Waals surface area contributed by atoms with Gasteiger partial charge in [-0.3, -0.25) is 0 Å². The Labute approximate surface area is 109 Å². The van der Waals surface area contributed by atoms with Crippen LogP contribution < -0.4 is 2.69 Å². The summed E-state index contributed by atoms with van der Waals surface area (Å²) in [6.45, 7) is 0. The van der Waals surface area contributed by atoms with Crippen LogP contribution in [0.4, 0.5) is 17.1 Å². The molecule has 0 saturated carbocycles. The van der Waals surface area contributed by atoms with Crippen molar-refractivity contribution in [3.8, 4) is 5.75 Å². The summed E-state index contributed by atoms with van der Waals surface area (Å²) in [6, 6.07) is 1.26. The number of nitro benzene ring substituents is 3. The molecule has 0 saturated heterocycles. The fourth-order valence-electron chi connectivity index (χ4n) is 1.08. The Bertz CT molecular complexity index is 481. The van der Waals surface area contributed by atoms with Gasteiger partial charge in [0.15, 0.2) is 0 Å². The summed E-state index contributed by atoms with van der Waals surface area (Å²) in [5.74, 6) is -0.546. The number of benzene rings is 1. The van der Waals surface area contributed by atoms with Crippen molar-refractivity contribution >= 4 is 43.3 Å². The predicted octanol–water partition coefficient (Wildman–Crippen LogP) is 0.873. The minimum atomic E-state index is -0.961. The third-order valence-electron chi connectivity index (χ3n) is 1.76. The zero-order valence-corrected chi connectivity index (χ0v) is 12.4. The molecule has 0 unspecified atom stereocenters. The topological polar surface area (TPSA) is 139 Å². The zero-order chi connectivity index (χ0) is 13.2. The Morgan fingerprint density at radius 2 is 1.35 bits per heavy atom. The van der Waals surface area contributed by atoms with Crippen LogP contribution in [0.2, 0.25) is 0 Å². The average molecular weight is 432 g/mol. The molecule has 0 fully saturated rings. The third-order valence-corrected chi connectivity index (χ3v) is 2.67. The maximum atomic E-state index is 10.6. The summed E-state index contributed by atoms with van der Waals surface area (Å²) in [5.41, 5.74) is -2.30. The quantitative estimate of drug-likeness (QED) is 0.391. The molecule has 11 heteroatoms. The molecule has 0 aromatic heterocycles. The van der Waals surface area contributed by atoms with Gasteiger partial charge in [0, 0.05) is 0 Å². The Morgan fingerprint density at radius 3 is 1.59 bits per heavy atom. The van der Waals surface area contributed by atoms with Gasteiger partial charge in [0.25, 0.3) is 0 Å². The Hall–Kier alpha value is -1.86. The standard InChI is InChI=1S/C6H3N3O7.Tl/c10-6-4(8(13)14)1-3(7(11)12)2-5(6)9(15)16;/h1-2,10H;/q;+1/p-1. The maximum absolute atomic E-state index is 10.6. The van der Waals surface area contributed by atoms with E-state index in [0.29, 0.717) is 12.1 Å². The van der Waals surface area contributed by atoms with E-state index in [9.17, 15) is 30.3 Å². The second kappa shape index (κ2) is 4.98. The van der Waals surface area contributed by atoms with Gasteiger partial charge < -0.3 is 0 Å². The van der Waals surface area contributed by atoms with Crippen molar-refractivity contribution in [1.82, 2.24) is 0 Å². The van der Waals surface area contributed by atoms with Gasteiger partial charge in [-0.05, 0) is 0 Å². The summed E-state index contributed by atoms with van der Waals surface area (Å²) < 4.78 is 4.69. The third kappa shape index (κ3) is 2.63. The Balaban J connectivity index is 3.63. The van der Waals surface area contributed by atoms with Crippen molar-refractivity contribution in [3.05, 3.63) is 42.5 Å². The summed E-state index contributed by atoms with van der Waals surface area (Å²) in [7, 11) is 0. The molecule has 0 aliphatic heterocycles. The van der Waals surface area contributed by atoms with E-state index in [-0.39, 0.29) is 26.2 Å². The second-order valence-electron chi connectivity index (χ2n) is 2.70. The first-order valence-corrected chi connectivity index (χ1v) is 5.69. The molecule has 17 heavy (non-hydrogen) atoms. The Morgan fingerprint density at radius 1 is 0.941 bits per heavy atom. The molecule has 0 aliphatic rings. The van der Waals surface area contributed by atoms with Gasteiger partial charge in [0.2, 0.25) is 0 Å².